The second kappa shape index (κ2) is 8.62. The van der Waals surface area contributed by atoms with E-state index >= 15 is 0 Å². The van der Waals surface area contributed by atoms with Crippen LogP contribution >= 0.6 is 27.5 Å². The number of benzene rings is 1. The molecule has 7 nitrogen and oxygen atoms in total. The van der Waals surface area contributed by atoms with E-state index in [0.717, 1.165) is 10.0 Å². The molecule has 0 unspecified atom stereocenters. The summed E-state index contributed by atoms with van der Waals surface area (Å²) in [6.45, 7) is 8.65. The van der Waals surface area contributed by atoms with Gasteiger partial charge in [0.1, 0.15) is 22.5 Å². The zero-order valence-electron chi connectivity index (χ0n) is 19.3. The lowest BCUT2D eigenvalue weighted by Crippen LogP contribution is -2.27. The Morgan fingerprint density at radius 3 is 2.56 bits per heavy atom. The highest BCUT2D eigenvalue weighted by Gasteiger charge is 2.31. The minimum Gasteiger partial charge on any atom is -0.443 e. The quantitative estimate of drug-likeness (QED) is 0.280. The molecule has 1 aromatic carbocycles. The molecule has 178 valence electrons. The van der Waals surface area contributed by atoms with Crippen molar-refractivity contribution in [2.45, 2.75) is 45.1 Å². The number of carbonyl (C=O) groups excluding carboxylic acids is 1. The first-order chi connectivity index (χ1) is 15.8. The molecule has 0 aliphatic carbocycles. The van der Waals surface area contributed by atoms with Gasteiger partial charge < -0.3 is 4.74 Å². The predicted molar refractivity (Wildman–Crippen MR) is 137 cm³/mol. The van der Waals surface area contributed by atoms with Gasteiger partial charge in [-0.1, -0.05) is 40.5 Å². The first-order valence-corrected chi connectivity index (χ1v) is 13.4. The summed E-state index contributed by atoms with van der Waals surface area (Å²) in [6.07, 6.45) is 0.925. The van der Waals surface area contributed by atoms with Gasteiger partial charge >= 0.3 is 6.09 Å². The largest absolute Gasteiger partial charge is 0.443 e. The van der Waals surface area contributed by atoms with Crippen LogP contribution in [0.25, 0.3) is 33.3 Å². The molecule has 10 heteroatoms. The number of fused-ring (bicyclic) bond motifs is 2. The fraction of sp³-hybridized carbons (Fsp3) is 0.292. The van der Waals surface area contributed by atoms with Crippen molar-refractivity contribution in [3.8, 4) is 11.4 Å². The lowest BCUT2D eigenvalue weighted by atomic mass is 10.1. The Labute approximate surface area is 211 Å². The van der Waals surface area contributed by atoms with E-state index in [0.29, 0.717) is 21.9 Å². The summed E-state index contributed by atoms with van der Waals surface area (Å²) in [6, 6.07) is 8.68. The Bertz CT molecular complexity index is 1570. The van der Waals surface area contributed by atoms with Gasteiger partial charge in [0.05, 0.1) is 26.7 Å². The van der Waals surface area contributed by atoms with Gasteiger partial charge in [-0.05, 0) is 57.5 Å². The number of hydrogen-bond acceptors (Lipinski definition) is 6. The first kappa shape index (κ1) is 24.6. The summed E-state index contributed by atoms with van der Waals surface area (Å²) in [5.74, 6) is -0.147. The van der Waals surface area contributed by atoms with Crippen molar-refractivity contribution in [2.75, 3.05) is 5.75 Å². The van der Waals surface area contributed by atoms with E-state index in [2.05, 4.69) is 25.9 Å². The molecule has 0 radical (unpaired) electrons. The van der Waals surface area contributed by atoms with Crippen LogP contribution < -0.4 is 0 Å². The second-order valence-electron chi connectivity index (χ2n) is 8.93. The molecule has 0 saturated carbocycles. The van der Waals surface area contributed by atoms with Gasteiger partial charge in [-0.3, -0.25) is 4.98 Å². The van der Waals surface area contributed by atoms with Gasteiger partial charge in [-0.25, -0.2) is 22.8 Å². The highest BCUT2D eigenvalue weighted by molar-refractivity contribution is 9.10. The molecule has 0 aliphatic rings. The monoisotopic (exact) mass is 563 g/mol. The number of aromatic nitrogens is 3. The Morgan fingerprint density at radius 2 is 1.91 bits per heavy atom. The normalized spacial score (nSPS) is 12.4. The number of ether oxygens (including phenoxy) is 1. The van der Waals surface area contributed by atoms with Crippen LogP contribution in [0.3, 0.4) is 0 Å². The van der Waals surface area contributed by atoms with E-state index in [1.165, 1.54) is 4.57 Å². The molecule has 3 aromatic heterocycles. The number of pyridine rings is 2. The van der Waals surface area contributed by atoms with Crippen LogP contribution in [-0.2, 0) is 14.6 Å². The maximum absolute atomic E-state index is 13.4. The number of rotatable bonds is 3. The van der Waals surface area contributed by atoms with Gasteiger partial charge in [-0.2, -0.15) is 0 Å². The molecule has 0 spiro atoms. The predicted octanol–water partition coefficient (Wildman–Crippen LogP) is 6.55. The van der Waals surface area contributed by atoms with Crippen molar-refractivity contribution in [3.05, 3.63) is 51.6 Å². The molecule has 4 aromatic rings. The molecular weight excluding hydrogens is 542 g/mol. The van der Waals surface area contributed by atoms with Crippen LogP contribution in [0.5, 0.6) is 0 Å². The summed E-state index contributed by atoms with van der Waals surface area (Å²) in [4.78, 5) is 22.5. The minimum absolute atomic E-state index is 0.0175. The molecule has 3 heterocycles. The minimum atomic E-state index is -3.74. The molecule has 0 fully saturated rings. The van der Waals surface area contributed by atoms with Gasteiger partial charge in [0, 0.05) is 16.1 Å². The van der Waals surface area contributed by atoms with E-state index in [9.17, 15) is 13.2 Å². The van der Waals surface area contributed by atoms with Crippen LogP contribution in [0.15, 0.2) is 45.9 Å². The molecule has 0 saturated heterocycles. The van der Waals surface area contributed by atoms with Crippen LogP contribution in [0.2, 0.25) is 5.02 Å². The molecule has 4 rings (SSSR count). The van der Waals surface area contributed by atoms with Crippen LogP contribution in [0.4, 0.5) is 4.79 Å². The molecule has 0 N–H and O–H groups in total. The first-order valence-electron chi connectivity index (χ1n) is 10.6. The lowest BCUT2D eigenvalue weighted by molar-refractivity contribution is 0.0547. The highest BCUT2D eigenvalue weighted by Crippen LogP contribution is 2.40. The van der Waals surface area contributed by atoms with Gasteiger partial charge in [0.2, 0.25) is 0 Å². The fourth-order valence-electron chi connectivity index (χ4n) is 3.61. The van der Waals surface area contributed by atoms with Gasteiger partial charge in [0.25, 0.3) is 0 Å². The smallest absolute Gasteiger partial charge is 0.419 e. The maximum atomic E-state index is 13.4. The topological polar surface area (TPSA) is 91.1 Å². The zero-order valence-corrected chi connectivity index (χ0v) is 22.5. The third-order valence-corrected chi connectivity index (χ3v) is 7.74. The Kier molecular flexibility index (Phi) is 6.25. The summed E-state index contributed by atoms with van der Waals surface area (Å²) in [5.41, 5.74) is 1.50. The number of aryl methyl sites for hydroxylation is 1. The fourth-order valence-corrected chi connectivity index (χ4v) is 5.34. The third kappa shape index (κ3) is 4.44. The SMILES string of the molecule is CCS(=O)(=O)c1cc2ccc(Br)cc2nc1-c1c(Cl)c2ncc(C)cc2n1C(=O)OC(C)(C)C. The summed E-state index contributed by atoms with van der Waals surface area (Å²) in [5, 5.41) is 0.763. The van der Waals surface area contributed by atoms with Crippen molar-refractivity contribution in [1.82, 2.24) is 14.5 Å². The van der Waals surface area contributed by atoms with Gasteiger partial charge in [0.15, 0.2) is 9.84 Å². The summed E-state index contributed by atoms with van der Waals surface area (Å²) in [7, 11) is -3.74. The molecule has 0 aliphatic heterocycles. The highest BCUT2D eigenvalue weighted by atomic mass is 79.9. The zero-order chi connectivity index (χ0) is 25.0. The van der Waals surface area contributed by atoms with Crippen molar-refractivity contribution in [1.29, 1.82) is 0 Å². The van der Waals surface area contributed by atoms with Crippen molar-refractivity contribution >= 4 is 65.4 Å². The lowest BCUT2D eigenvalue weighted by Gasteiger charge is -2.21. The van der Waals surface area contributed by atoms with E-state index in [1.54, 1.807) is 58.2 Å². The standard InChI is InChI=1S/C24H23BrClN3O4S/c1-6-34(31,32)18-10-14-7-8-15(25)11-16(14)28-21(18)22-19(26)20-17(9-13(2)12-27-20)29(22)23(30)33-24(3,4)5/h7-12H,6H2,1-5H3. The van der Waals surface area contributed by atoms with E-state index in [1.807, 2.05) is 13.0 Å². The number of carbonyl (C=O) groups is 1. The Balaban J connectivity index is 2.18. The number of hydrogen-bond donors (Lipinski definition) is 0. The van der Waals surface area contributed by atoms with Crippen molar-refractivity contribution < 1.29 is 17.9 Å². The van der Waals surface area contributed by atoms with Crippen LogP contribution in [0, 0.1) is 6.92 Å². The average Bonchev–Trinajstić information content (AvgIpc) is 3.03. The van der Waals surface area contributed by atoms with Crippen LogP contribution in [-0.4, -0.2) is 40.4 Å². The van der Waals surface area contributed by atoms with Gasteiger partial charge in [-0.15, -0.1) is 0 Å². The Morgan fingerprint density at radius 1 is 1.21 bits per heavy atom. The van der Waals surface area contributed by atoms with E-state index in [-0.39, 0.29) is 27.1 Å². The second-order valence-corrected chi connectivity index (χ2v) is 12.5. The Hall–Kier alpha value is -2.49. The van der Waals surface area contributed by atoms with Crippen LogP contribution in [0.1, 0.15) is 33.3 Å². The number of nitrogens with zero attached hydrogens (tertiary/aromatic N) is 3. The molecule has 0 bridgehead atoms. The number of sulfone groups is 1. The van der Waals surface area contributed by atoms with E-state index in [4.69, 9.17) is 16.3 Å². The summed E-state index contributed by atoms with van der Waals surface area (Å²) < 4.78 is 34.0. The maximum Gasteiger partial charge on any atom is 0.419 e. The summed E-state index contributed by atoms with van der Waals surface area (Å²) >= 11 is 10.2. The number of halogens is 2. The molecule has 0 atom stereocenters. The van der Waals surface area contributed by atoms with E-state index < -0.39 is 21.5 Å². The molecular formula is C24H23BrClN3O4S. The average molecular weight is 565 g/mol. The van der Waals surface area contributed by atoms with Crippen molar-refractivity contribution in [3.63, 3.8) is 0 Å². The molecule has 34 heavy (non-hydrogen) atoms. The van der Waals surface area contributed by atoms with Crippen molar-refractivity contribution in [2.24, 2.45) is 0 Å². The molecule has 0 amide bonds. The third-order valence-electron chi connectivity index (χ3n) is 5.14.